The first kappa shape index (κ1) is 22.7. The van der Waals surface area contributed by atoms with E-state index in [-0.39, 0.29) is 5.78 Å². The molecule has 0 unspecified atom stereocenters. The quantitative estimate of drug-likeness (QED) is 0.488. The second kappa shape index (κ2) is 10.4. The number of hydrogen-bond donors (Lipinski definition) is 1. The molecule has 1 saturated heterocycles. The van der Waals surface area contributed by atoms with Crippen molar-refractivity contribution in [2.45, 2.75) is 36.7 Å². The zero-order valence-corrected chi connectivity index (χ0v) is 20.3. The molecule has 1 aromatic carbocycles. The largest absolute Gasteiger partial charge is 0.354 e. The van der Waals surface area contributed by atoms with Crippen LogP contribution in [0.15, 0.2) is 46.6 Å². The van der Waals surface area contributed by atoms with Gasteiger partial charge in [-0.25, -0.2) is 15.0 Å². The minimum absolute atomic E-state index is 0.252. The maximum atomic E-state index is 11.7. The number of piperazine rings is 1. The standard InChI is InChI=1S/C23H28N6OS2/c1-4-18(30)13-17-5-7-19(8-6-17)32-23-26-20(25-22-24-15-16(2)31-22)14-21(27-23)29-11-9-28(3)10-12-29/h5-8,14-15H,4,9-13H2,1-3H3,(H,24,25,26,27). The highest BCUT2D eigenvalue weighted by Crippen LogP contribution is 2.30. The normalized spacial score (nSPS) is 14.5. The van der Waals surface area contributed by atoms with E-state index in [2.05, 4.69) is 27.1 Å². The SMILES string of the molecule is CCC(=O)Cc1ccc(Sc2nc(Nc3ncc(C)s3)cc(N3CCN(C)CC3)n2)cc1. The fourth-order valence-electron chi connectivity index (χ4n) is 3.38. The Bertz CT molecular complexity index is 1060. The minimum Gasteiger partial charge on any atom is -0.354 e. The van der Waals surface area contributed by atoms with Crippen LogP contribution in [0.3, 0.4) is 0 Å². The van der Waals surface area contributed by atoms with Crippen LogP contribution in [0.2, 0.25) is 0 Å². The van der Waals surface area contributed by atoms with Gasteiger partial charge in [0.1, 0.15) is 17.4 Å². The van der Waals surface area contributed by atoms with Gasteiger partial charge in [-0.3, -0.25) is 4.79 Å². The molecule has 0 bridgehead atoms. The summed E-state index contributed by atoms with van der Waals surface area (Å²) in [7, 11) is 2.15. The van der Waals surface area contributed by atoms with Gasteiger partial charge in [0.2, 0.25) is 0 Å². The monoisotopic (exact) mass is 468 g/mol. The number of aromatic nitrogens is 3. The van der Waals surface area contributed by atoms with Crippen LogP contribution in [0.4, 0.5) is 16.8 Å². The summed E-state index contributed by atoms with van der Waals surface area (Å²) in [6.07, 6.45) is 2.91. The van der Waals surface area contributed by atoms with Crippen LogP contribution in [0.1, 0.15) is 23.8 Å². The number of ketones is 1. The Kier molecular flexibility index (Phi) is 7.39. The summed E-state index contributed by atoms with van der Waals surface area (Å²) in [5, 5.41) is 4.86. The molecule has 1 fully saturated rings. The van der Waals surface area contributed by atoms with E-state index in [0.717, 1.165) is 58.3 Å². The van der Waals surface area contributed by atoms with E-state index in [1.54, 1.807) is 11.3 Å². The van der Waals surface area contributed by atoms with Crippen molar-refractivity contribution in [3.63, 3.8) is 0 Å². The molecule has 9 heteroatoms. The lowest BCUT2D eigenvalue weighted by molar-refractivity contribution is -0.118. The molecule has 32 heavy (non-hydrogen) atoms. The topological polar surface area (TPSA) is 74.2 Å². The van der Waals surface area contributed by atoms with Gasteiger partial charge in [0.05, 0.1) is 0 Å². The molecule has 3 heterocycles. The molecule has 168 valence electrons. The summed E-state index contributed by atoms with van der Waals surface area (Å²) in [5.41, 5.74) is 1.04. The van der Waals surface area contributed by atoms with E-state index in [4.69, 9.17) is 9.97 Å². The van der Waals surface area contributed by atoms with E-state index >= 15 is 0 Å². The summed E-state index contributed by atoms with van der Waals surface area (Å²) in [6, 6.07) is 10.1. The van der Waals surface area contributed by atoms with Crippen molar-refractivity contribution in [2.24, 2.45) is 0 Å². The van der Waals surface area contributed by atoms with Gasteiger partial charge in [0.25, 0.3) is 0 Å². The third-order valence-electron chi connectivity index (χ3n) is 5.30. The zero-order valence-electron chi connectivity index (χ0n) is 18.7. The highest BCUT2D eigenvalue weighted by molar-refractivity contribution is 7.99. The lowest BCUT2D eigenvalue weighted by atomic mass is 10.1. The maximum absolute atomic E-state index is 11.7. The molecule has 0 radical (unpaired) electrons. The van der Waals surface area contributed by atoms with Gasteiger partial charge >= 0.3 is 0 Å². The second-order valence-corrected chi connectivity index (χ2v) is 10.2. The average molecular weight is 469 g/mol. The number of nitrogens with one attached hydrogen (secondary N) is 1. The first-order valence-electron chi connectivity index (χ1n) is 10.8. The fourth-order valence-corrected chi connectivity index (χ4v) is 4.81. The molecular formula is C23H28N6OS2. The smallest absolute Gasteiger partial charge is 0.196 e. The van der Waals surface area contributed by atoms with E-state index < -0.39 is 0 Å². The molecule has 3 aromatic rings. The highest BCUT2D eigenvalue weighted by atomic mass is 32.2. The van der Waals surface area contributed by atoms with Gasteiger partial charge < -0.3 is 15.1 Å². The molecular weight excluding hydrogens is 440 g/mol. The Labute approximate surface area is 197 Å². The molecule has 0 saturated carbocycles. The van der Waals surface area contributed by atoms with Crippen LogP contribution >= 0.6 is 23.1 Å². The van der Waals surface area contributed by atoms with Crippen molar-refractivity contribution in [3.8, 4) is 0 Å². The van der Waals surface area contributed by atoms with Crippen LogP contribution in [0, 0.1) is 6.92 Å². The van der Waals surface area contributed by atoms with Crippen LogP contribution in [-0.2, 0) is 11.2 Å². The number of anilines is 3. The van der Waals surface area contributed by atoms with Gasteiger partial charge in [-0.15, -0.1) is 11.3 Å². The van der Waals surface area contributed by atoms with Gasteiger partial charge in [-0.1, -0.05) is 19.1 Å². The van der Waals surface area contributed by atoms with Crippen molar-refractivity contribution in [1.29, 1.82) is 0 Å². The summed E-state index contributed by atoms with van der Waals surface area (Å²) in [4.78, 5) is 32.6. The molecule has 4 rings (SSSR count). The number of likely N-dealkylation sites (N-methyl/N-ethyl adjacent to an activating group) is 1. The third kappa shape index (κ3) is 6.05. The Morgan fingerprint density at radius 3 is 2.56 bits per heavy atom. The number of aryl methyl sites for hydroxylation is 1. The van der Waals surface area contributed by atoms with Crippen molar-refractivity contribution in [1.82, 2.24) is 19.9 Å². The maximum Gasteiger partial charge on any atom is 0.196 e. The number of hydrogen-bond acceptors (Lipinski definition) is 9. The van der Waals surface area contributed by atoms with E-state index in [0.29, 0.717) is 18.0 Å². The molecule has 7 nitrogen and oxygen atoms in total. The first-order chi connectivity index (χ1) is 15.5. The molecule has 1 aliphatic rings. The van der Waals surface area contributed by atoms with Gasteiger partial charge in [-0.05, 0) is 43.4 Å². The molecule has 0 atom stereocenters. The average Bonchev–Trinajstić information content (AvgIpc) is 3.19. The first-order valence-corrected chi connectivity index (χ1v) is 12.4. The van der Waals surface area contributed by atoms with Crippen LogP contribution in [-0.4, -0.2) is 58.9 Å². The highest BCUT2D eigenvalue weighted by Gasteiger charge is 2.18. The Hall–Kier alpha value is -2.49. The lowest BCUT2D eigenvalue weighted by Crippen LogP contribution is -2.44. The molecule has 2 aromatic heterocycles. The number of benzene rings is 1. The van der Waals surface area contributed by atoms with Crippen molar-refractivity contribution in [3.05, 3.63) is 47.0 Å². The van der Waals surface area contributed by atoms with Crippen molar-refractivity contribution < 1.29 is 4.79 Å². The number of Topliss-reactive ketones (excluding diaryl/α,β-unsaturated/α-hetero) is 1. The van der Waals surface area contributed by atoms with E-state index in [9.17, 15) is 4.79 Å². The lowest BCUT2D eigenvalue weighted by Gasteiger charge is -2.33. The molecule has 1 N–H and O–H groups in total. The van der Waals surface area contributed by atoms with Gasteiger partial charge in [0.15, 0.2) is 10.3 Å². The Balaban J connectivity index is 1.56. The fraction of sp³-hybridized carbons (Fsp3) is 0.391. The molecule has 0 aliphatic carbocycles. The number of nitrogens with zero attached hydrogens (tertiary/aromatic N) is 5. The van der Waals surface area contributed by atoms with Gasteiger partial charge in [0, 0.05) is 61.1 Å². The van der Waals surface area contributed by atoms with Crippen molar-refractivity contribution >= 4 is 45.6 Å². The molecule has 1 aliphatic heterocycles. The summed E-state index contributed by atoms with van der Waals surface area (Å²) >= 11 is 3.13. The zero-order chi connectivity index (χ0) is 22.5. The number of thiazole rings is 1. The van der Waals surface area contributed by atoms with Crippen LogP contribution < -0.4 is 10.2 Å². The van der Waals surface area contributed by atoms with Crippen molar-refractivity contribution in [2.75, 3.05) is 43.4 Å². The predicted molar refractivity (Wildman–Crippen MR) is 131 cm³/mol. The number of carbonyl (C=O) groups is 1. The minimum atomic E-state index is 0.252. The summed E-state index contributed by atoms with van der Waals surface area (Å²) in [6.45, 7) is 7.84. The van der Waals surface area contributed by atoms with Crippen LogP contribution in [0.25, 0.3) is 0 Å². The Morgan fingerprint density at radius 1 is 1.16 bits per heavy atom. The third-order valence-corrected chi connectivity index (χ3v) is 7.00. The Morgan fingerprint density at radius 2 is 1.91 bits per heavy atom. The van der Waals surface area contributed by atoms with E-state index in [1.807, 2.05) is 50.4 Å². The second-order valence-electron chi connectivity index (χ2n) is 7.90. The summed E-state index contributed by atoms with van der Waals surface area (Å²) in [5.74, 6) is 1.93. The predicted octanol–water partition coefficient (Wildman–Crippen LogP) is 4.41. The number of rotatable bonds is 8. The van der Waals surface area contributed by atoms with Crippen LogP contribution in [0.5, 0.6) is 0 Å². The van der Waals surface area contributed by atoms with E-state index in [1.165, 1.54) is 11.8 Å². The molecule has 0 amide bonds. The molecule has 0 spiro atoms. The number of carbonyl (C=O) groups excluding carboxylic acids is 1. The van der Waals surface area contributed by atoms with Gasteiger partial charge in [-0.2, -0.15) is 0 Å². The summed E-state index contributed by atoms with van der Waals surface area (Å²) < 4.78 is 0.